The highest BCUT2D eigenvalue weighted by molar-refractivity contribution is 7.71. The number of hydrogen-bond acceptors (Lipinski definition) is 4. The number of para-hydroxylation sites is 1. The first-order valence-electron chi connectivity index (χ1n) is 7.27. The van der Waals surface area contributed by atoms with Gasteiger partial charge in [-0.2, -0.15) is 5.10 Å². The second kappa shape index (κ2) is 5.77. The van der Waals surface area contributed by atoms with Crippen molar-refractivity contribution < 1.29 is 0 Å². The highest BCUT2D eigenvalue weighted by Gasteiger charge is 2.10. The van der Waals surface area contributed by atoms with Crippen molar-refractivity contribution in [3.8, 4) is 0 Å². The van der Waals surface area contributed by atoms with Crippen molar-refractivity contribution in [1.29, 1.82) is 0 Å². The molecule has 0 amide bonds. The van der Waals surface area contributed by atoms with E-state index >= 15 is 0 Å². The Morgan fingerprint density at radius 2 is 1.74 bits per heavy atom. The molecule has 0 unspecified atom stereocenters. The zero-order valence-corrected chi connectivity index (χ0v) is 13.1. The smallest absolute Gasteiger partial charge is 0.195 e. The number of aromatic amines is 1. The van der Waals surface area contributed by atoms with Crippen LogP contribution in [0.5, 0.6) is 0 Å². The van der Waals surface area contributed by atoms with Crippen LogP contribution in [0, 0.1) is 4.77 Å². The first-order valence-corrected chi connectivity index (χ1v) is 7.68. The maximum atomic E-state index is 5.36. The summed E-state index contributed by atoms with van der Waals surface area (Å²) in [6.45, 7) is 1.19. The van der Waals surface area contributed by atoms with E-state index in [1.54, 1.807) is 0 Å². The predicted molar refractivity (Wildman–Crippen MR) is 89.6 cm³/mol. The van der Waals surface area contributed by atoms with Crippen LogP contribution < -0.4 is 0 Å². The van der Waals surface area contributed by atoms with Gasteiger partial charge in [-0.3, -0.25) is 9.67 Å². The first kappa shape index (κ1) is 13.8. The van der Waals surface area contributed by atoms with Crippen molar-refractivity contribution in [3.05, 3.63) is 70.8 Å². The van der Waals surface area contributed by atoms with Crippen LogP contribution in [0.1, 0.15) is 11.4 Å². The van der Waals surface area contributed by atoms with Gasteiger partial charge in [-0.15, -0.1) is 5.10 Å². The molecular weight excluding hydrogens is 308 g/mol. The highest BCUT2D eigenvalue weighted by Crippen LogP contribution is 2.12. The van der Waals surface area contributed by atoms with Gasteiger partial charge in [0, 0.05) is 0 Å². The largest absolute Gasteiger partial charge is 0.298 e. The highest BCUT2D eigenvalue weighted by atomic mass is 32.1. The maximum Gasteiger partial charge on any atom is 0.195 e. The van der Waals surface area contributed by atoms with E-state index in [0.29, 0.717) is 17.9 Å². The second-order valence-electron chi connectivity index (χ2n) is 5.25. The molecule has 1 N–H and O–H groups in total. The number of rotatable bonds is 4. The molecule has 0 spiro atoms. The summed E-state index contributed by atoms with van der Waals surface area (Å²) >= 11 is 5.36. The van der Waals surface area contributed by atoms with Crippen LogP contribution in [-0.4, -0.2) is 29.8 Å². The van der Waals surface area contributed by atoms with Crippen LogP contribution in [0.2, 0.25) is 0 Å². The van der Waals surface area contributed by atoms with Crippen molar-refractivity contribution in [2.75, 3.05) is 0 Å². The lowest BCUT2D eigenvalue weighted by Crippen LogP contribution is -2.11. The Kier molecular flexibility index (Phi) is 3.47. The fourth-order valence-corrected chi connectivity index (χ4v) is 2.78. The molecule has 0 aliphatic rings. The summed E-state index contributed by atoms with van der Waals surface area (Å²) in [5.41, 5.74) is 3.03. The van der Waals surface area contributed by atoms with Crippen molar-refractivity contribution in [3.63, 3.8) is 0 Å². The molecular formula is C16H14N6S. The van der Waals surface area contributed by atoms with E-state index in [-0.39, 0.29) is 0 Å². The van der Waals surface area contributed by atoms with Crippen LogP contribution >= 0.6 is 12.2 Å². The van der Waals surface area contributed by atoms with Crippen molar-refractivity contribution >= 4 is 23.3 Å². The summed E-state index contributed by atoms with van der Waals surface area (Å²) < 4.78 is 4.43. The van der Waals surface area contributed by atoms with Crippen molar-refractivity contribution in [2.24, 2.45) is 0 Å². The monoisotopic (exact) mass is 322 g/mol. The number of aromatic nitrogens is 6. The molecule has 2 heterocycles. The lowest BCUT2D eigenvalue weighted by molar-refractivity contribution is 0.606. The Bertz CT molecular complexity index is 998. The van der Waals surface area contributed by atoms with Crippen LogP contribution in [0.25, 0.3) is 11.0 Å². The van der Waals surface area contributed by atoms with E-state index in [1.165, 1.54) is 5.56 Å². The van der Waals surface area contributed by atoms with Gasteiger partial charge in [-0.25, -0.2) is 4.68 Å². The van der Waals surface area contributed by atoms with Crippen molar-refractivity contribution in [1.82, 2.24) is 29.8 Å². The summed E-state index contributed by atoms with van der Waals surface area (Å²) in [6.07, 6.45) is 0. The van der Waals surface area contributed by atoms with Crippen LogP contribution in [0.15, 0.2) is 54.6 Å². The molecule has 6 nitrogen and oxygen atoms in total. The van der Waals surface area contributed by atoms with E-state index in [9.17, 15) is 0 Å². The molecule has 0 bridgehead atoms. The number of benzene rings is 2. The minimum atomic E-state index is 0.514. The van der Waals surface area contributed by atoms with E-state index in [0.717, 1.165) is 16.9 Å². The van der Waals surface area contributed by atoms with E-state index in [4.69, 9.17) is 12.2 Å². The Morgan fingerprint density at radius 1 is 0.957 bits per heavy atom. The molecule has 0 atom stereocenters. The lowest BCUT2D eigenvalue weighted by Gasteiger charge is -2.07. The zero-order chi connectivity index (χ0) is 15.6. The predicted octanol–water partition coefficient (Wildman–Crippen LogP) is 2.78. The zero-order valence-electron chi connectivity index (χ0n) is 12.3. The lowest BCUT2D eigenvalue weighted by atomic mass is 10.2. The van der Waals surface area contributed by atoms with Crippen molar-refractivity contribution in [2.45, 2.75) is 13.1 Å². The topological polar surface area (TPSA) is 64.3 Å². The molecule has 7 heteroatoms. The minimum Gasteiger partial charge on any atom is -0.298 e. The van der Waals surface area contributed by atoms with Crippen LogP contribution in [-0.2, 0) is 13.1 Å². The average molecular weight is 322 g/mol. The standard InChI is InChI=1S/C16H14N6S/c23-16-19-18-15(21(16)10-12-6-2-1-3-7-12)11-22-14-9-5-4-8-13(14)17-20-22/h1-9H,10-11H2,(H,19,23). The summed E-state index contributed by atoms with van der Waals surface area (Å²) in [5, 5.41) is 15.6. The Labute approximate surface area is 137 Å². The molecule has 4 aromatic rings. The molecule has 4 rings (SSSR count). The molecule has 2 aromatic carbocycles. The van der Waals surface area contributed by atoms with Gasteiger partial charge in [0.1, 0.15) is 12.1 Å². The summed E-state index contributed by atoms with van der Waals surface area (Å²) in [6, 6.07) is 18.1. The van der Waals surface area contributed by atoms with Gasteiger partial charge in [-0.1, -0.05) is 47.7 Å². The Hall–Kier alpha value is -2.80. The van der Waals surface area contributed by atoms with Gasteiger partial charge in [0.25, 0.3) is 0 Å². The van der Waals surface area contributed by atoms with Gasteiger partial charge in [-0.05, 0) is 29.9 Å². The van der Waals surface area contributed by atoms with Gasteiger partial charge in [0.05, 0.1) is 12.1 Å². The fraction of sp³-hybridized carbons (Fsp3) is 0.125. The van der Waals surface area contributed by atoms with Gasteiger partial charge in [0.2, 0.25) is 0 Å². The normalized spacial score (nSPS) is 11.1. The van der Waals surface area contributed by atoms with E-state index in [2.05, 4.69) is 32.6 Å². The SMILES string of the molecule is S=c1[nH]nc(Cn2nnc3ccccc32)n1Cc1ccccc1. The van der Waals surface area contributed by atoms with Gasteiger partial charge >= 0.3 is 0 Å². The summed E-state index contributed by atoms with van der Waals surface area (Å²) in [4.78, 5) is 0. The molecule has 23 heavy (non-hydrogen) atoms. The molecule has 114 valence electrons. The third-order valence-electron chi connectivity index (χ3n) is 3.73. The third-order valence-corrected chi connectivity index (χ3v) is 4.04. The number of nitrogens with zero attached hydrogens (tertiary/aromatic N) is 5. The molecule has 0 saturated carbocycles. The molecule has 0 radical (unpaired) electrons. The minimum absolute atomic E-state index is 0.514. The van der Waals surface area contributed by atoms with Crippen LogP contribution in [0.4, 0.5) is 0 Å². The van der Waals surface area contributed by atoms with E-state index < -0.39 is 0 Å². The quantitative estimate of drug-likeness (QED) is 0.587. The molecule has 0 saturated heterocycles. The fourth-order valence-electron chi connectivity index (χ4n) is 2.57. The number of hydrogen-bond donors (Lipinski definition) is 1. The number of fused-ring (bicyclic) bond motifs is 1. The molecule has 0 aliphatic carbocycles. The summed E-state index contributed by atoms with van der Waals surface area (Å²) in [7, 11) is 0. The second-order valence-corrected chi connectivity index (χ2v) is 5.64. The third kappa shape index (κ3) is 2.66. The summed E-state index contributed by atoms with van der Waals surface area (Å²) in [5.74, 6) is 0.828. The van der Waals surface area contributed by atoms with Crippen LogP contribution in [0.3, 0.4) is 0 Å². The van der Waals surface area contributed by atoms with E-state index in [1.807, 2.05) is 51.7 Å². The molecule has 2 aromatic heterocycles. The molecule has 0 fully saturated rings. The average Bonchev–Trinajstić information content (AvgIpc) is 3.15. The first-order chi connectivity index (χ1) is 11.3. The number of H-pyrrole nitrogens is 1. The van der Waals surface area contributed by atoms with Gasteiger partial charge in [0.15, 0.2) is 10.6 Å². The molecule has 0 aliphatic heterocycles. The number of nitrogens with one attached hydrogen (secondary N) is 1. The van der Waals surface area contributed by atoms with Gasteiger partial charge < -0.3 is 0 Å². The maximum absolute atomic E-state index is 5.36. The Balaban J connectivity index is 1.69. The Morgan fingerprint density at radius 3 is 2.61 bits per heavy atom.